The molecule has 0 bridgehead atoms. The number of primary amides is 1. The monoisotopic (exact) mass is 469 g/mol. The van der Waals surface area contributed by atoms with E-state index in [0.29, 0.717) is 0 Å². The van der Waals surface area contributed by atoms with Gasteiger partial charge in [0, 0.05) is 30.7 Å². The van der Waals surface area contributed by atoms with Gasteiger partial charge >= 0.3 is 6.09 Å². The van der Waals surface area contributed by atoms with E-state index in [0.717, 1.165) is 21.8 Å². The van der Waals surface area contributed by atoms with Gasteiger partial charge in [0.25, 0.3) is 12.3 Å². The van der Waals surface area contributed by atoms with Crippen molar-refractivity contribution in [3.8, 4) is 6.07 Å². The smallest absolute Gasteiger partial charge is 0.410 e. The van der Waals surface area contributed by atoms with Crippen LogP contribution < -0.4 is 11.1 Å². The van der Waals surface area contributed by atoms with Crippen molar-refractivity contribution in [2.45, 2.75) is 31.0 Å². The Bertz CT molecular complexity index is 1070. The van der Waals surface area contributed by atoms with E-state index in [1.165, 1.54) is 12.3 Å². The number of nitriles is 1. The van der Waals surface area contributed by atoms with Gasteiger partial charge in [-0.3, -0.25) is 9.48 Å². The Labute approximate surface area is 184 Å². The summed E-state index contributed by atoms with van der Waals surface area (Å²) in [6.07, 6.45) is -4.01. The number of likely N-dealkylation sites (tertiary alicyclic amines) is 1. The number of carbonyl (C=O) groups is 2. The van der Waals surface area contributed by atoms with Crippen molar-refractivity contribution in [3.05, 3.63) is 36.0 Å². The van der Waals surface area contributed by atoms with Crippen LogP contribution in [0.4, 0.5) is 33.9 Å². The Balaban J connectivity index is 1.89. The topological polar surface area (TPSA) is 139 Å². The van der Waals surface area contributed by atoms with Crippen LogP contribution in [0, 0.1) is 17.3 Å². The molecule has 0 saturated carbocycles. The maximum atomic E-state index is 15.4. The zero-order chi connectivity index (χ0) is 24.2. The third-order valence-electron chi connectivity index (χ3n) is 5.18. The Morgan fingerprint density at radius 1 is 1.45 bits per heavy atom. The molecule has 176 valence electrons. The van der Waals surface area contributed by atoms with Gasteiger partial charge in [0.15, 0.2) is 12.4 Å². The zero-order valence-electron chi connectivity index (χ0n) is 17.0. The number of rotatable bonds is 7. The third kappa shape index (κ3) is 5.13. The number of nitrogens with one attached hydrogen (secondary N) is 1. The van der Waals surface area contributed by atoms with Crippen molar-refractivity contribution in [1.82, 2.24) is 19.7 Å². The second kappa shape index (κ2) is 9.72. The Hall–Kier alpha value is -3.89. The number of alkyl halides is 3. The highest BCUT2D eigenvalue weighted by atomic mass is 19.3. The van der Waals surface area contributed by atoms with Crippen molar-refractivity contribution in [3.63, 3.8) is 0 Å². The highest BCUT2D eigenvalue weighted by Gasteiger charge is 2.48. The van der Waals surface area contributed by atoms with Crippen LogP contribution in [0.25, 0.3) is 0 Å². The molecule has 2 amide bonds. The maximum absolute atomic E-state index is 15.4. The van der Waals surface area contributed by atoms with Gasteiger partial charge in [-0.25, -0.2) is 22.9 Å². The van der Waals surface area contributed by atoms with Gasteiger partial charge in [-0.2, -0.15) is 14.8 Å². The van der Waals surface area contributed by atoms with Gasteiger partial charge in [0.1, 0.15) is 17.3 Å². The highest BCUT2D eigenvalue weighted by Crippen LogP contribution is 2.37. The molecule has 2 aromatic heterocycles. The second-order valence-corrected chi connectivity index (χ2v) is 7.26. The Morgan fingerprint density at radius 2 is 2.21 bits per heavy atom. The van der Waals surface area contributed by atoms with E-state index in [2.05, 4.69) is 20.1 Å². The van der Waals surface area contributed by atoms with Gasteiger partial charge in [0.2, 0.25) is 5.95 Å². The molecule has 1 fully saturated rings. The zero-order valence-corrected chi connectivity index (χ0v) is 17.0. The molecule has 0 spiro atoms. The number of pyridine rings is 1. The van der Waals surface area contributed by atoms with Gasteiger partial charge < -0.3 is 20.7 Å². The molecule has 0 unspecified atom stereocenters. The maximum Gasteiger partial charge on any atom is 0.410 e. The number of hydrogen-bond acceptors (Lipinski definition) is 7. The molecular formula is C19H19F4N7O3. The first-order valence-corrected chi connectivity index (χ1v) is 9.65. The molecule has 1 aliphatic heterocycles. The predicted octanol–water partition coefficient (Wildman–Crippen LogP) is 2.31. The number of anilines is 2. The molecule has 3 heterocycles. The quantitative estimate of drug-likeness (QED) is 0.469. The summed E-state index contributed by atoms with van der Waals surface area (Å²) in [6.45, 7) is -1.79. The lowest BCUT2D eigenvalue weighted by molar-refractivity contribution is -0.00842. The summed E-state index contributed by atoms with van der Waals surface area (Å²) in [4.78, 5) is 28.2. The first-order valence-electron chi connectivity index (χ1n) is 9.65. The van der Waals surface area contributed by atoms with Gasteiger partial charge in [0.05, 0.1) is 19.0 Å². The summed E-state index contributed by atoms with van der Waals surface area (Å²) < 4.78 is 58.9. The average Bonchev–Trinajstić information content (AvgIpc) is 3.18. The minimum atomic E-state index is -2.87. The summed E-state index contributed by atoms with van der Waals surface area (Å²) in [5, 5.41) is 16.2. The molecule has 10 nitrogen and oxygen atoms in total. The van der Waals surface area contributed by atoms with Crippen molar-refractivity contribution in [2.24, 2.45) is 5.73 Å². The van der Waals surface area contributed by atoms with Crippen molar-refractivity contribution >= 4 is 23.5 Å². The number of carbonyl (C=O) groups excluding carboxylic acids is 2. The summed E-state index contributed by atoms with van der Waals surface area (Å²) >= 11 is 0. The standard InChI is InChI=1S/C19H19F4N7O3/c20-13-9-29(18(32)33-10-14(21)22)6-3-19(13,2-4-24)30-8-12(16(25)31)17(28-30)27-11-1-5-26-15(23)7-11/h1,5,7-8,13-14H,2-3,6,9-10H2,(H2,25,31)(H,26,27,28)/t13-,19+/m1/s1. The number of ether oxygens (including phenoxy) is 1. The van der Waals surface area contributed by atoms with Crippen LogP contribution in [0.3, 0.4) is 0 Å². The van der Waals surface area contributed by atoms with E-state index >= 15 is 4.39 Å². The minimum Gasteiger partial charge on any atom is -0.443 e. The van der Waals surface area contributed by atoms with Crippen molar-refractivity contribution in [1.29, 1.82) is 5.26 Å². The van der Waals surface area contributed by atoms with E-state index in [1.54, 1.807) is 0 Å². The molecule has 14 heteroatoms. The fourth-order valence-corrected chi connectivity index (χ4v) is 3.50. The molecule has 0 aliphatic carbocycles. The van der Waals surface area contributed by atoms with Crippen LogP contribution in [0.1, 0.15) is 23.2 Å². The van der Waals surface area contributed by atoms with E-state index in [-0.39, 0.29) is 36.5 Å². The average molecular weight is 469 g/mol. The molecule has 1 saturated heterocycles. The number of nitrogens with zero attached hydrogens (tertiary/aromatic N) is 5. The van der Waals surface area contributed by atoms with Crippen molar-refractivity contribution < 1.29 is 31.9 Å². The van der Waals surface area contributed by atoms with Crippen LogP contribution in [0.5, 0.6) is 0 Å². The second-order valence-electron chi connectivity index (χ2n) is 7.26. The number of aromatic nitrogens is 3. The first-order chi connectivity index (χ1) is 15.7. The summed E-state index contributed by atoms with van der Waals surface area (Å²) in [6, 6.07) is 4.32. The highest BCUT2D eigenvalue weighted by molar-refractivity contribution is 5.98. The summed E-state index contributed by atoms with van der Waals surface area (Å²) in [7, 11) is 0. The SMILES string of the molecule is N#CC[C@]1(n2cc(C(N)=O)c(Nc3ccnc(F)c3)n2)CCN(C(=O)OCC(F)F)C[C@H]1F. The van der Waals surface area contributed by atoms with Crippen LogP contribution in [-0.2, 0) is 10.3 Å². The largest absolute Gasteiger partial charge is 0.443 e. The molecule has 3 N–H and O–H groups in total. The Morgan fingerprint density at radius 3 is 2.82 bits per heavy atom. The van der Waals surface area contributed by atoms with Crippen LogP contribution >= 0.6 is 0 Å². The predicted molar refractivity (Wildman–Crippen MR) is 105 cm³/mol. The fourth-order valence-electron chi connectivity index (χ4n) is 3.50. The van der Waals surface area contributed by atoms with E-state index in [1.807, 2.05) is 6.07 Å². The molecule has 2 aromatic rings. The van der Waals surface area contributed by atoms with Crippen LogP contribution in [0.2, 0.25) is 0 Å². The van der Waals surface area contributed by atoms with E-state index in [4.69, 9.17) is 5.73 Å². The molecule has 0 radical (unpaired) electrons. The number of halogens is 4. The molecule has 2 atom stereocenters. The number of piperidine rings is 1. The van der Waals surface area contributed by atoms with Crippen LogP contribution in [-0.4, -0.2) is 64.0 Å². The molecular weight excluding hydrogens is 450 g/mol. The molecule has 1 aliphatic rings. The van der Waals surface area contributed by atoms with Gasteiger partial charge in [-0.05, 0) is 12.5 Å². The fraction of sp³-hybridized carbons (Fsp3) is 0.421. The van der Waals surface area contributed by atoms with E-state index in [9.17, 15) is 28.0 Å². The lowest BCUT2D eigenvalue weighted by atomic mass is 9.83. The molecule has 3 rings (SSSR count). The first kappa shape index (κ1) is 23.8. The number of hydrogen-bond donors (Lipinski definition) is 2. The van der Waals surface area contributed by atoms with Crippen molar-refractivity contribution in [2.75, 3.05) is 25.0 Å². The lowest BCUT2D eigenvalue weighted by Crippen LogP contribution is -2.56. The minimum absolute atomic E-state index is 0.101. The summed E-state index contributed by atoms with van der Waals surface area (Å²) in [5.74, 6) is -1.80. The number of nitrogens with two attached hydrogens (primary N) is 1. The molecule has 33 heavy (non-hydrogen) atoms. The Kier molecular flexibility index (Phi) is 7.00. The third-order valence-corrected chi connectivity index (χ3v) is 5.18. The lowest BCUT2D eigenvalue weighted by Gasteiger charge is -2.42. The number of amides is 2. The normalized spacial score (nSPS) is 20.4. The molecule has 0 aromatic carbocycles. The summed E-state index contributed by atoms with van der Waals surface area (Å²) in [5.41, 5.74) is 3.87. The van der Waals surface area contributed by atoms with E-state index < -0.39 is 49.2 Å². The van der Waals surface area contributed by atoms with Gasteiger partial charge in [-0.1, -0.05) is 0 Å². The van der Waals surface area contributed by atoms with Gasteiger partial charge in [-0.15, -0.1) is 0 Å². The van der Waals surface area contributed by atoms with Crippen LogP contribution in [0.15, 0.2) is 24.5 Å².